The van der Waals surface area contributed by atoms with Gasteiger partial charge in [0.25, 0.3) is 5.91 Å². The van der Waals surface area contributed by atoms with Gasteiger partial charge in [-0.05, 0) is 24.9 Å². The molecule has 5 nitrogen and oxygen atoms in total. The van der Waals surface area contributed by atoms with E-state index in [0.29, 0.717) is 16.7 Å². The third kappa shape index (κ3) is 4.48. The standard InChI is InChI=1S/C8H14N4OS2/c1-14-5-3-2-4-10-6(13)7-11-12-8(9)15-7/h2-5H2,1H3,(H2,9,12)(H,10,13). The number of nitrogens with one attached hydrogen (secondary N) is 1. The molecule has 1 aromatic rings. The van der Waals surface area contributed by atoms with E-state index in [2.05, 4.69) is 21.8 Å². The molecule has 0 bridgehead atoms. The Bertz CT molecular complexity index is 315. The molecule has 0 aliphatic heterocycles. The minimum Gasteiger partial charge on any atom is -0.374 e. The molecule has 0 saturated carbocycles. The highest BCUT2D eigenvalue weighted by molar-refractivity contribution is 7.98. The number of unbranched alkanes of at least 4 members (excludes halogenated alkanes) is 1. The molecule has 0 saturated heterocycles. The summed E-state index contributed by atoms with van der Waals surface area (Å²) in [4.78, 5) is 11.4. The first-order chi connectivity index (χ1) is 7.24. The minimum atomic E-state index is -0.187. The van der Waals surface area contributed by atoms with Crippen molar-refractivity contribution in [3.63, 3.8) is 0 Å². The number of carbonyl (C=O) groups excluding carboxylic acids is 1. The van der Waals surface area contributed by atoms with Gasteiger partial charge in [-0.2, -0.15) is 11.8 Å². The summed E-state index contributed by atoms with van der Waals surface area (Å²) in [6.45, 7) is 0.679. The monoisotopic (exact) mass is 246 g/mol. The van der Waals surface area contributed by atoms with E-state index in [4.69, 9.17) is 5.73 Å². The quantitative estimate of drug-likeness (QED) is 0.732. The van der Waals surface area contributed by atoms with Crippen molar-refractivity contribution in [1.82, 2.24) is 15.5 Å². The van der Waals surface area contributed by atoms with Crippen molar-refractivity contribution in [2.24, 2.45) is 0 Å². The fraction of sp³-hybridized carbons (Fsp3) is 0.625. The summed E-state index contributed by atoms with van der Waals surface area (Å²) in [6.07, 6.45) is 4.17. The molecule has 84 valence electrons. The molecule has 0 aliphatic carbocycles. The molecule has 0 fully saturated rings. The van der Waals surface area contributed by atoms with Crippen molar-refractivity contribution in [3.8, 4) is 0 Å². The number of rotatable bonds is 6. The van der Waals surface area contributed by atoms with E-state index in [0.717, 1.165) is 29.9 Å². The zero-order chi connectivity index (χ0) is 11.1. The second-order valence-electron chi connectivity index (χ2n) is 2.90. The van der Waals surface area contributed by atoms with Crippen LogP contribution in [-0.4, -0.2) is 34.7 Å². The fourth-order valence-electron chi connectivity index (χ4n) is 0.975. The number of nitrogens with zero attached hydrogens (tertiary/aromatic N) is 2. The molecule has 0 radical (unpaired) electrons. The number of carbonyl (C=O) groups is 1. The lowest BCUT2D eigenvalue weighted by Crippen LogP contribution is -2.24. The van der Waals surface area contributed by atoms with Gasteiger partial charge in [-0.25, -0.2) is 0 Å². The molecular formula is C8H14N4OS2. The molecular weight excluding hydrogens is 232 g/mol. The third-order valence-electron chi connectivity index (χ3n) is 1.70. The van der Waals surface area contributed by atoms with Crippen LogP contribution in [0.4, 0.5) is 5.13 Å². The summed E-state index contributed by atoms with van der Waals surface area (Å²) in [6, 6.07) is 0. The number of hydrogen-bond donors (Lipinski definition) is 2. The van der Waals surface area contributed by atoms with E-state index >= 15 is 0 Å². The van der Waals surface area contributed by atoms with Crippen molar-refractivity contribution < 1.29 is 4.79 Å². The molecule has 0 aliphatic rings. The molecule has 3 N–H and O–H groups in total. The highest BCUT2D eigenvalue weighted by atomic mass is 32.2. The number of nitrogens with two attached hydrogens (primary N) is 1. The van der Waals surface area contributed by atoms with Gasteiger partial charge in [0.15, 0.2) is 0 Å². The number of anilines is 1. The average molecular weight is 246 g/mol. The van der Waals surface area contributed by atoms with Crippen LogP contribution in [0.5, 0.6) is 0 Å². The predicted octanol–water partition coefficient (Wildman–Crippen LogP) is 0.993. The van der Waals surface area contributed by atoms with Crippen LogP contribution in [-0.2, 0) is 0 Å². The first-order valence-electron chi connectivity index (χ1n) is 4.60. The van der Waals surface area contributed by atoms with Gasteiger partial charge >= 0.3 is 0 Å². The van der Waals surface area contributed by atoms with E-state index in [1.165, 1.54) is 0 Å². The molecule has 15 heavy (non-hydrogen) atoms. The lowest BCUT2D eigenvalue weighted by atomic mass is 10.3. The maximum absolute atomic E-state index is 11.4. The Labute approximate surface area is 96.8 Å². The number of thioether (sulfide) groups is 1. The summed E-state index contributed by atoms with van der Waals surface area (Å²) in [5, 5.41) is 10.7. The molecule has 1 rings (SSSR count). The van der Waals surface area contributed by atoms with Gasteiger partial charge in [0.1, 0.15) is 0 Å². The summed E-state index contributed by atoms with van der Waals surface area (Å²) in [5.41, 5.74) is 5.37. The Hall–Kier alpha value is -0.820. The minimum absolute atomic E-state index is 0.187. The highest BCUT2D eigenvalue weighted by Crippen LogP contribution is 2.10. The van der Waals surface area contributed by atoms with Crippen LogP contribution >= 0.6 is 23.1 Å². The second-order valence-corrected chi connectivity index (χ2v) is 4.90. The van der Waals surface area contributed by atoms with Gasteiger partial charge in [-0.15, -0.1) is 10.2 Å². The maximum Gasteiger partial charge on any atom is 0.282 e. The van der Waals surface area contributed by atoms with Crippen LogP contribution in [0.25, 0.3) is 0 Å². The third-order valence-corrected chi connectivity index (χ3v) is 3.14. The number of hydrogen-bond acceptors (Lipinski definition) is 6. The van der Waals surface area contributed by atoms with Crippen LogP contribution in [0.3, 0.4) is 0 Å². The van der Waals surface area contributed by atoms with Crippen molar-refractivity contribution in [1.29, 1.82) is 0 Å². The van der Waals surface area contributed by atoms with Gasteiger partial charge in [0.2, 0.25) is 10.1 Å². The van der Waals surface area contributed by atoms with Gasteiger partial charge in [-0.3, -0.25) is 4.79 Å². The zero-order valence-electron chi connectivity index (χ0n) is 8.52. The Kier molecular flexibility index (Phi) is 5.41. The highest BCUT2D eigenvalue weighted by Gasteiger charge is 2.09. The van der Waals surface area contributed by atoms with Crippen LogP contribution < -0.4 is 11.1 Å². The fourth-order valence-corrected chi connectivity index (χ4v) is 1.99. The first kappa shape index (κ1) is 12.3. The van der Waals surface area contributed by atoms with Gasteiger partial charge in [-0.1, -0.05) is 11.3 Å². The second kappa shape index (κ2) is 6.62. The average Bonchev–Trinajstić information content (AvgIpc) is 2.64. The van der Waals surface area contributed by atoms with E-state index in [1.807, 2.05) is 11.8 Å². The van der Waals surface area contributed by atoms with Crippen molar-refractivity contribution in [2.75, 3.05) is 24.3 Å². The normalized spacial score (nSPS) is 10.2. The molecule has 0 unspecified atom stereocenters. The van der Waals surface area contributed by atoms with E-state index in [9.17, 15) is 4.79 Å². The zero-order valence-corrected chi connectivity index (χ0v) is 10.2. The van der Waals surface area contributed by atoms with Gasteiger partial charge in [0.05, 0.1) is 0 Å². The Balaban J connectivity index is 2.19. The van der Waals surface area contributed by atoms with Crippen LogP contribution in [0, 0.1) is 0 Å². The molecule has 1 amide bonds. The van der Waals surface area contributed by atoms with Gasteiger partial charge < -0.3 is 11.1 Å². The smallest absolute Gasteiger partial charge is 0.282 e. The Morgan fingerprint density at radius 2 is 2.33 bits per heavy atom. The largest absolute Gasteiger partial charge is 0.374 e. The van der Waals surface area contributed by atoms with Crippen LogP contribution in [0.1, 0.15) is 22.6 Å². The van der Waals surface area contributed by atoms with E-state index in [-0.39, 0.29) is 5.91 Å². The number of aromatic nitrogens is 2. The summed E-state index contributed by atoms with van der Waals surface area (Å²) in [7, 11) is 0. The van der Waals surface area contributed by atoms with Crippen molar-refractivity contribution in [2.45, 2.75) is 12.8 Å². The lowest BCUT2D eigenvalue weighted by Gasteiger charge is -2.01. The SMILES string of the molecule is CSCCCCNC(=O)c1nnc(N)s1. The van der Waals surface area contributed by atoms with Crippen LogP contribution in [0.15, 0.2) is 0 Å². The molecule has 1 aromatic heterocycles. The number of nitrogen functional groups attached to an aromatic ring is 1. The van der Waals surface area contributed by atoms with Crippen molar-refractivity contribution in [3.05, 3.63) is 5.01 Å². The molecule has 1 heterocycles. The Morgan fingerprint density at radius 1 is 1.53 bits per heavy atom. The first-order valence-corrected chi connectivity index (χ1v) is 6.81. The number of amides is 1. The molecule has 0 spiro atoms. The topological polar surface area (TPSA) is 80.9 Å². The lowest BCUT2D eigenvalue weighted by molar-refractivity contribution is 0.0952. The summed E-state index contributed by atoms with van der Waals surface area (Å²) >= 11 is 2.91. The summed E-state index contributed by atoms with van der Waals surface area (Å²) < 4.78 is 0. The van der Waals surface area contributed by atoms with E-state index < -0.39 is 0 Å². The predicted molar refractivity (Wildman–Crippen MR) is 64.3 cm³/mol. The molecule has 0 atom stereocenters. The Morgan fingerprint density at radius 3 is 2.93 bits per heavy atom. The van der Waals surface area contributed by atoms with Gasteiger partial charge in [0, 0.05) is 6.54 Å². The van der Waals surface area contributed by atoms with Crippen molar-refractivity contribution >= 4 is 34.1 Å². The van der Waals surface area contributed by atoms with E-state index in [1.54, 1.807) is 0 Å². The summed E-state index contributed by atoms with van der Waals surface area (Å²) in [5.74, 6) is 0.940. The maximum atomic E-state index is 11.4. The molecule has 7 heteroatoms. The molecule has 0 aromatic carbocycles. The van der Waals surface area contributed by atoms with Crippen LogP contribution in [0.2, 0.25) is 0 Å².